The van der Waals surface area contributed by atoms with E-state index in [0.29, 0.717) is 49.2 Å². The molecule has 0 aliphatic carbocycles. The highest BCUT2D eigenvalue weighted by atomic mass is 16.5. The lowest BCUT2D eigenvalue weighted by atomic mass is 10.1. The van der Waals surface area contributed by atoms with Crippen molar-refractivity contribution in [1.29, 1.82) is 0 Å². The van der Waals surface area contributed by atoms with Gasteiger partial charge in [0.15, 0.2) is 17.5 Å². The van der Waals surface area contributed by atoms with E-state index in [1.54, 1.807) is 14.2 Å². The maximum absolute atomic E-state index is 12.4. The minimum absolute atomic E-state index is 0.0611. The minimum atomic E-state index is -0.0831. The number of ether oxygens (including phenoxy) is 2. The van der Waals surface area contributed by atoms with Crippen molar-refractivity contribution in [3.8, 4) is 11.5 Å². The lowest BCUT2D eigenvalue weighted by Gasteiger charge is -2.19. The molecular formula is C24H34N4O3. The van der Waals surface area contributed by atoms with Crippen LogP contribution in [0, 0.1) is 0 Å². The number of benzene rings is 2. The van der Waals surface area contributed by atoms with Gasteiger partial charge in [-0.3, -0.25) is 9.79 Å². The predicted octanol–water partition coefficient (Wildman–Crippen LogP) is 3.31. The van der Waals surface area contributed by atoms with Crippen molar-refractivity contribution < 1.29 is 14.3 Å². The molecule has 0 spiro atoms. The summed E-state index contributed by atoms with van der Waals surface area (Å²) in [6, 6.07) is 15.3. The van der Waals surface area contributed by atoms with E-state index in [2.05, 4.69) is 15.6 Å². The third-order valence-electron chi connectivity index (χ3n) is 4.89. The van der Waals surface area contributed by atoms with E-state index in [4.69, 9.17) is 9.47 Å². The number of rotatable bonds is 10. The van der Waals surface area contributed by atoms with Gasteiger partial charge in [-0.25, -0.2) is 0 Å². The first-order chi connectivity index (χ1) is 15.0. The van der Waals surface area contributed by atoms with Crippen LogP contribution in [0.25, 0.3) is 0 Å². The third kappa shape index (κ3) is 7.20. The summed E-state index contributed by atoms with van der Waals surface area (Å²) in [5.74, 6) is 2.16. The van der Waals surface area contributed by atoms with Crippen LogP contribution in [0.4, 0.5) is 0 Å². The molecule has 7 nitrogen and oxygen atoms in total. The van der Waals surface area contributed by atoms with Gasteiger partial charge < -0.3 is 25.0 Å². The van der Waals surface area contributed by atoms with E-state index in [1.165, 1.54) is 0 Å². The summed E-state index contributed by atoms with van der Waals surface area (Å²) in [4.78, 5) is 18.5. The Labute approximate surface area is 185 Å². The molecule has 1 unspecified atom stereocenters. The molecule has 0 saturated carbocycles. The number of aliphatic imine (C=N–C) groups is 1. The quantitative estimate of drug-likeness (QED) is 0.450. The van der Waals surface area contributed by atoms with E-state index >= 15 is 0 Å². The molecule has 0 heterocycles. The number of hydrogen-bond donors (Lipinski definition) is 2. The van der Waals surface area contributed by atoms with Crippen LogP contribution in [0.5, 0.6) is 11.5 Å². The SMILES string of the molecule is CCN(CC)C(=O)c1ccc(CNC(=NC)NCC(C)Oc2ccccc2OC)cc1. The molecule has 0 aliphatic heterocycles. The van der Waals surface area contributed by atoms with E-state index in [1.807, 2.05) is 74.2 Å². The molecule has 7 heteroatoms. The van der Waals surface area contributed by atoms with Gasteiger partial charge in [0, 0.05) is 32.2 Å². The highest BCUT2D eigenvalue weighted by Gasteiger charge is 2.12. The molecule has 0 radical (unpaired) electrons. The van der Waals surface area contributed by atoms with Crippen LogP contribution in [0.1, 0.15) is 36.7 Å². The first kappa shape index (κ1) is 24.1. The molecule has 1 amide bonds. The lowest BCUT2D eigenvalue weighted by Crippen LogP contribution is -2.41. The Kier molecular flexibility index (Phi) is 9.68. The molecule has 0 bridgehead atoms. The van der Waals surface area contributed by atoms with Gasteiger partial charge in [-0.15, -0.1) is 0 Å². The van der Waals surface area contributed by atoms with Gasteiger partial charge in [0.25, 0.3) is 5.91 Å². The molecular weight excluding hydrogens is 392 g/mol. The molecule has 1 atom stereocenters. The molecule has 0 fully saturated rings. The first-order valence-corrected chi connectivity index (χ1v) is 10.6. The van der Waals surface area contributed by atoms with E-state index < -0.39 is 0 Å². The summed E-state index contributed by atoms with van der Waals surface area (Å²) in [5.41, 5.74) is 1.77. The fourth-order valence-electron chi connectivity index (χ4n) is 3.08. The number of carbonyl (C=O) groups is 1. The number of nitrogens with zero attached hydrogens (tertiary/aromatic N) is 2. The van der Waals surface area contributed by atoms with Crippen LogP contribution in [-0.4, -0.2) is 56.7 Å². The maximum atomic E-state index is 12.4. The normalized spacial score (nSPS) is 12.1. The van der Waals surface area contributed by atoms with Gasteiger partial charge in [0.2, 0.25) is 0 Å². The molecule has 31 heavy (non-hydrogen) atoms. The lowest BCUT2D eigenvalue weighted by molar-refractivity contribution is 0.0773. The minimum Gasteiger partial charge on any atom is -0.493 e. The van der Waals surface area contributed by atoms with Gasteiger partial charge in [-0.2, -0.15) is 0 Å². The van der Waals surface area contributed by atoms with Gasteiger partial charge in [-0.1, -0.05) is 24.3 Å². The van der Waals surface area contributed by atoms with Crippen LogP contribution in [0.3, 0.4) is 0 Å². The number of nitrogens with one attached hydrogen (secondary N) is 2. The second-order valence-electron chi connectivity index (χ2n) is 7.06. The topological polar surface area (TPSA) is 75.2 Å². The average molecular weight is 427 g/mol. The monoisotopic (exact) mass is 426 g/mol. The number of methoxy groups -OCH3 is 1. The summed E-state index contributed by atoms with van der Waals surface area (Å²) in [5, 5.41) is 6.55. The predicted molar refractivity (Wildman–Crippen MR) is 125 cm³/mol. The second-order valence-corrected chi connectivity index (χ2v) is 7.06. The van der Waals surface area contributed by atoms with E-state index in [-0.39, 0.29) is 12.0 Å². The zero-order chi connectivity index (χ0) is 22.6. The fourth-order valence-corrected chi connectivity index (χ4v) is 3.08. The number of guanidine groups is 1. The molecule has 2 aromatic carbocycles. The Morgan fingerprint density at radius 1 is 1.03 bits per heavy atom. The zero-order valence-electron chi connectivity index (χ0n) is 19.1. The largest absolute Gasteiger partial charge is 0.493 e. The molecule has 0 saturated heterocycles. The number of amides is 1. The fraction of sp³-hybridized carbons (Fsp3) is 0.417. The highest BCUT2D eigenvalue weighted by Crippen LogP contribution is 2.26. The van der Waals surface area contributed by atoms with Crippen LogP contribution < -0.4 is 20.1 Å². The maximum Gasteiger partial charge on any atom is 0.253 e. The summed E-state index contributed by atoms with van der Waals surface area (Å²) in [7, 11) is 3.36. The third-order valence-corrected chi connectivity index (χ3v) is 4.89. The first-order valence-electron chi connectivity index (χ1n) is 10.6. The van der Waals surface area contributed by atoms with Crippen molar-refractivity contribution in [2.24, 2.45) is 4.99 Å². The Hall–Kier alpha value is -3.22. The standard InChI is InChI=1S/C24H34N4O3/c1-6-28(7-2)23(29)20-14-12-19(13-15-20)17-27-24(25-4)26-16-18(3)31-22-11-9-8-10-21(22)30-5/h8-15,18H,6-7,16-17H2,1-5H3,(H2,25,26,27). The number of hydrogen-bond acceptors (Lipinski definition) is 4. The average Bonchev–Trinajstić information content (AvgIpc) is 2.80. The Morgan fingerprint density at radius 2 is 1.68 bits per heavy atom. The Bertz CT molecular complexity index is 848. The van der Waals surface area contributed by atoms with Crippen molar-refractivity contribution >= 4 is 11.9 Å². The van der Waals surface area contributed by atoms with Crippen LogP contribution >= 0.6 is 0 Å². The smallest absolute Gasteiger partial charge is 0.253 e. The van der Waals surface area contributed by atoms with Crippen molar-refractivity contribution in [2.75, 3.05) is 33.8 Å². The summed E-state index contributed by atoms with van der Waals surface area (Å²) in [6.07, 6.45) is -0.0831. The Morgan fingerprint density at radius 3 is 2.26 bits per heavy atom. The highest BCUT2D eigenvalue weighted by molar-refractivity contribution is 5.94. The second kappa shape index (κ2) is 12.5. The molecule has 2 rings (SSSR count). The van der Waals surface area contributed by atoms with Gasteiger partial charge >= 0.3 is 0 Å². The molecule has 0 aromatic heterocycles. The van der Waals surface area contributed by atoms with E-state index in [0.717, 1.165) is 5.56 Å². The zero-order valence-corrected chi connectivity index (χ0v) is 19.1. The molecule has 168 valence electrons. The summed E-state index contributed by atoms with van der Waals surface area (Å²) in [6.45, 7) is 8.55. The van der Waals surface area contributed by atoms with Gasteiger partial charge in [0.05, 0.1) is 13.7 Å². The Balaban J connectivity index is 1.83. The van der Waals surface area contributed by atoms with Crippen molar-refractivity contribution in [2.45, 2.75) is 33.4 Å². The number of para-hydroxylation sites is 2. The van der Waals surface area contributed by atoms with E-state index in [9.17, 15) is 4.79 Å². The van der Waals surface area contributed by atoms with Crippen molar-refractivity contribution in [3.63, 3.8) is 0 Å². The molecule has 0 aliphatic rings. The summed E-state index contributed by atoms with van der Waals surface area (Å²) >= 11 is 0. The van der Waals surface area contributed by atoms with Gasteiger partial charge in [0.1, 0.15) is 6.10 Å². The van der Waals surface area contributed by atoms with Crippen LogP contribution in [0.2, 0.25) is 0 Å². The van der Waals surface area contributed by atoms with Crippen LogP contribution in [-0.2, 0) is 6.54 Å². The van der Waals surface area contributed by atoms with Gasteiger partial charge in [-0.05, 0) is 50.6 Å². The van der Waals surface area contributed by atoms with Crippen molar-refractivity contribution in [3.05, 3.63) is 59.7 Å². The summed E-state index contributed by atoms with van der Waals surface area (Å²) < 4.78 is 11.3. The number of carbonyl (C=O) groups excluding carboxylic acids is 1. The molecule has 2 N–H and O–H groups in total. The van der Waals surface area contributed by atoms with Crippen LogP contribution in [0.15, 0.2) is 53.5 Å². The molecule has 2 aromatic rings. The van der Waals surface area contributed by atoms with Crippen molar-refractivity contribution in [1.82, 2.24) is 15.5 Å².